The van der Waals surface area contributed by atoms with E-state index in [0.29, 0.717) is 0 Å². The molecule has 4 nitrogen and oxygen atoms in total. The number of halogens is 1. The van der Waals surface area contributed by atoms with E-state index < -0.39 is 0 Å². The molecule has 0 spiro atoms. The Morgan fingerprint density at radius 1 is 1.32 bits per heavy atom. The Kier molecular flexibility index (Phi) is 3.89. The van der Waals surface area contributed by atoms with E-state index in [1.807, 2.05) is 29.6 Å². The second kappa shape index (κ2) is 5.97. The third-order valence-electron chi connectivity index (χ3n) is 5.82. The summed E-state index contributed by atoms with van der Waals surface area (Å²) in [5.74, 6) is 0.163. The van der Waals surface area contributed by atoms with Crippen molar-refractivity contribution in [1.82, 2.24) is 14.7 Å². The highest BCUT2D eigenvalue weighted by atomic mass is 19.1. The maximum Gasteiger partial charge on any atom is 0.226 e. The van der Waals surface area contributed by atoms with E-state index in [0.717, 1.165) is 42.8 Å². The van der Waals surface area contributed by atoms with Gasteiger partial charge >= 0.3 is 0 Å². The van der Waals surface area contributed by atoms with E-state index in [-0.39, 0.29) is 29.6 Å². The average molecular weight is 341 g/mol. The summed E-state index contributed by atoms with van der Waals surface area (Å²) in [5, 5.41) is 4.52. The molecule has 1 aliphatic heterocycles. The van der Waals surface area contributed by atoms with Crippen LogP contribution in [0, 0.1) is 25.6 Å². The third-order valence-corrected chi connectivity index (χ3v) is 5.82. The summed E-state index contributed by atoms with van der Waals surface area (Å²) >= 11 is 0. The quantitative estimate of drug-likeness (QED) is 0.855. The summed E-state index contributed by atoms with van der Waals surface area (Å²) < 4.78 is 15.4. The molecule has 5 heteroatoms. The highest BCUT2D eigenvalue weighted by Crippen LogP contribution is 2.50. The smallest absolute Gasteiger partial charge is 0.226 e. The number of hydrogen-bond acceptors (Lipinski definition) is 2. The number of carbonyl (C=O) groups is 1. The highest BCUT2D eigenvalue weighted by molar-refractivity contribution is 5.83. The molecule has 1 amide bonds. The van der Waals surface area contributed by atoms with Gasteiger partial charge in [-0.1, -0.05) is 12.1 Å². The molecule has 25 heavy (non-hydrogen) atoms. The Labute approximate surface area is 147 Å². The van der Waals surface area contributed by atoms with Crippen LogP contribution in [-0.4, -0.2) is 27.1 Å². The van der Waals surface area contributed by atoms with E-state index in [9.17, 15) is 9.18 Å². The Bertz CT molecular complexity index is 828. The molecule has 0 bridgehead atoms. The molecular formula is C20H24FN3O. The lowest BCUT2D eigenvalue weighted by Crippen LogP contribution is -2.32. The molecule has 4 rings (SSSR count). The zero-order chi connectivity index (χ0) is 17.7. The SMILES string of the molecule is Cc1nn(C)c(C)c1[C@@H]1CCCN1C(=O)[C@@H]1C[C@H]1c1cccc(F)c1. The number of carbonyl (C=O) groups excluding carboxylic acids is 1. The van der Waals surface area contributed by atoms with Gasteiger partial charge in [0.2, 0.25) is 5.91 Å². The summed E-state index contributed by atoms with van der Waals surface area (Å²) in [6, 6.07) is 6.81. The monoisotopic (exact) mass is 341 g/mol. The number of likely N-dealkylation sites (tertiary alicyclic amines) is 1. The van der Waals surface area contributed by atoms with Gasteiger partial charge in [0.05, 0.1) is 11.7 Å². The third kappa shape index (κ3) is 2.75. The number of hydrogen-bond donors (Lipinski definition) is 0. The average Bonchev–Trinajstić information content (AvgIpc) is 3.17. The number of aryl methyl sites for hydroxylation is 2. The molecule has 2 aromatic rings. The van der Waals surface area contributed by atoms with Crippen LogP contribution in [0.3, 0.4) is 0 Å². The molecule has 2 heterocycles. The summed E-state index contributed by atoms with van der Waals surface area (Å²) in [6.07, 6.45) is 2.86. The predicted octanol–water partition coefficient (Wildman–Crippen LogP) is 3.64. The number of aromatic nitrogens is 2. The van der Waals surface area contributed by atoms with Crippen LogP contribution in [0.15, 0.2) is 24.3 Å². The number of amides is 1. The second-order valence-electron chi connectivity index (χ2n) is 7.40. The first kappa shape index (κ1) is 16.3. The van der Waals surface area contributed by atoms with E-state index in [4.69, 9.17) is 0 Å². The lowest BCUT2D eigenvalue weighted by molar-refractivity contribution is -0.133. The highest BCUT2D eigenvalue weighted by Gasteiger charge is 2.48. The fourth-order valence-electron chi connectivity index (χ4n) is 4.39. The molecule has 1 aliphatic carbocycles. The Hall–Kier alpha value is -2.17. The van der Waals surface area contributed by atoms with E-state index in [2.05, 4.69) is 12.0 Å². The van der Waals surface area contributed by atoms with Crippen molar-refractivity contribution in [3.8, 4) is 0 Å². The van der Waals surface area contributed by atoms with Crippen molar-refractivity contribution in [3.63, 3.8) is 0 Å². The van der Waals surface area contributed by atoms with Gasteiger partial charge in [0.25, 0.3) is 0 Å². The van der Waals surface area contributed by atoms with Gasteiger partial charge in [-0.25, -0.2) is 4.39 Å². The Morgan fingerprint density at radius 2 is 2.12 bits per heavy atom. The molecule has 3 atom stereocenters. The molecule has 1 saturated carbocycles. The molecule has 2 aliphatic rings. The number of rotatable bonds is 3. The summed E-state index contributed by atoms with van der Waals surface area (Å²) in [5.41, 5.74) is 4.31. The van der Waals surface area contributed by atoms with Crippen LogP contribution in [-0.2, 0) is 11.8 Å². The minimum atomic E-state index is -0.226. The summed E-state index contributed by atoms with van der Waals surface area (Å²) in [4.78, 5) is 15.1. The molecule has 1 aromatic carbocycles. The maximum absolute atomic E-state index is 13.5. The van der Waals surface area contributed by atoms with Crippen LogP contribution in [0.2, 0.25) is 0 Å². The van der Waals surface area contributed by atoms with Gasteiger partial charge < -0.3 is 4.90 Å². The normalized spacial score (nSPS) is 25.4. The van der Waals surface area contributed by atoms with E-state index in [1.165, 1.54) is 11.6 Å². The summed E-state index contributed by atoms with van der Waals surface area (Å²) in [7, 11) is 1.95. The first-order valence-electron chi connectivity index (χ1n) is 9.03. The second-order valence-corrected chi connectivity index (χ2v) is 7.40. The van der Waals surface area contributed by atoms with Crippen molar-refractivity contribution < 1.29 is 9.18 Å². The van der Waals surface area contributed by atoms with Crippen LogP contribution in [0.1, 0.15) is 53.7 Å². The predicted molar refractivity (Wildman–Crippen MR) is 93.6 cm³/mol. The molecule has 2 fully saturated rings. The first-order chi connectivity index (χ1) is 12.0. The Morgan fingerprint density at radius 3 is 2.80 bits per heavy atom. The molecule has 0 N–H and O–H groups in total. The van der Waals surface area contributed by atoms with Gasteiger partial charge in [-0.3, -0.25) is 9.48 Å². The van der Waals surface area contributed by atoms with Gasteiger partial charge in [0, 0.05) is 30.8 Å². The van der Waals surface area contributed by atoms with Crippen molar-refractivity contribution in [2.75, 3.05) is 6.54 Å². The van der Waals surface area contributed by atoms with Crippen LogP contribution < -0.4 is 0 Å². The maximum atomic E-state index is 13.5. The van der Waals surface area contributed by atoms with Crippen molar-refractivity contribution in [1.29, 1.82) is 0 Å². The summed E-state index contributed by atoms with van der Waals surface area (Å²) in [6.45, 7) is 4.91. The van der Waals surface area contributed by atoms with E-state index >= 15 is 0 Å². The molecule has 132 valence electrons. The molecule has 1 saturated heterocycles. The number of benzene rings is 1. The van der Waals surface area contributed by atoms with Gasteiger partial charge in [-0.2, -0.15) is 5.10 Å². The fourth-order valence-corrected chi connectivity index (χ4v) is 4.39. The first-order valence-corrected chi connectivity index (χ1v) is 9.03. The zero-order valence-corrected chi connectivity index (χ0v) is 15.0. The molecular weight excluding hydrogens is 317 g/mol. The van der Waals surface area contributed by atoms with Gasteiger partial charge in [0.1, 0.15) is 5.82 Å². The van der Waals surface area contributed by atoms with Crippen molar-refractivity contribution in [3.05, 3.63) is 52.6 Å². The molecule has 1 aromatic heterocycles. The van der Waals surface area contributed by atoms with Crippen LogP contribution >= 0.6 is 0 Å². The topological polar surface area (TPSA) is 38.1 Å². The van der Waals surface area contributed by atoms with Crippen molar-refractivity contribution in [2.45, 2.75) is 45.1 Å². The van der Waals surface area contributed by atoms with Gasteiger partial charge in [-0.15, -0.1) is 0 Å². The lowest BCUT2D eigenvalue weighted by atomic mass is 10.0. The van der Waals surface area contributed by atoms with Crippen LogP contribution in [0.4, 0.5) is 4.39 Å². The Balaban J connectivity index is 1.54. The standard InChI is InChI=1S/C20H24FN3O/c1-12-19(13(2)23(3)22-12)18-8-5-9-24(18)20(25)17-11-16(17)14-6-4-7-15(21)10-14/h4,6-7,10,16-18H,5,8-9,11H2,1-3H3/t16-,17+,18-/m0/s1. The van der Waals surface area contributed by atoms with E-state index in [1.54, 1.807) is 12.1 Å². The minimum absolute atomic E-state index is 0.000293. The van der Waals surface area contributed by atoms with Crippen molar-refractivity contribution >= 4 is 5.91 Å². The number of nitrogens with zero attached hydrogens (tertiary/aromatic N) is 3. The largest absolute Gasteiger partial charge is 0.335 e. The minimum Gasteiger partial charge on any atom is -0.335 e. The fraction of sp³-hybridized carbons (Fsp3) is 0.500. The molecule has 0 unspecified atom stereocenters. The van der Waals surface area contributed by atoms with Crippen molar-refractivity contribution in [2.24, 2.45) is 13.0 Å². The van der Waals surface area contributed by atoms with Gasteiger partial charge in [-0.05, 0) is 56.7 Å². The van der Waals surface area contributed by atoms with Crippen LogP contribution in [0.5, 0.6) is 0 Å². The molecule has 0 radical (unpaired) electrons. The van der Waals surface area contributed by atoms with Gasteiger partial charge in [0.15, 0.2) is 0 Å². The lowest BCUT2D eigenvalue weighted by Gasteiger charge is -2.25. The zero-order valence-electron chi connectivity index (χ0n) is 15.0. The van der Waals surface area contributed by atoms with Crippen LogP contribution in [0.25, 0.3) is 0 Å².